The molecule has 0 fully saturated rings. The third-order valence-corrected chi connectivity index (χ3v) is 3.87. The maximum absolute atomic E-state index is 12.6. The molecule has 2 aromatic heterocycles. The number of ether oxygens (including phenoxy) is 2. The van der Waals surface area contributed by atoms with E-state index >= 15 is 0 Å². The highest BCUT2D eigenvalue weighted by Gasteiger charge is 2.12. The van der Waals surface area contributed by atoms with Crippen molar-refractivity contribution in [3.63, 3.8) is 0 Å². The van der Waals surface area contributed by atoms with Crippen molar-refractivity contribution in [2.45, 2.75) is 6.54 Å². The number of rotatable bonds is 7. The summed E-state index contributed by atoms with van der Waals surface area (Å²) in [6, 6.07) is 12.4. The van der Waals surface area contributed by atoms with E-state index in [1.807, 2.05) is 12.1 Å². The summed E-state index contributed by atoms with van der Waals surface area (Å²) in [5, 5.41) is 6.03. The molecule has 2 heterocycles. The summed E-state index contributed by atoms with van der Waals surface area (Å²) < 4.78 is 10.5. The van der Waals surface area contributed by atoms with E-state index < -0.39 is 0 Å². The Morgan fingerprint density at radius 1 is 1.07 bits per heavy atom. The van der Waals surface area contributed by atoms with Crippen LogP contribution in [0.1, 0.15) is 15.9 Å². The van der Waals surface area contributed by atoms with Crippen molar-refractivity contribution in [2.24, 2.45) is 0 Å². The smallest absolute Gasteiger partial charge is 0.255 e. The number of carbonyl (C=O) groups is 1. The van der Waals surface area contributed by atoms with Gasteiger partial charge in [0.15, 0.2) is 0 Å². The van der Waals surface area contributed by atoms with Crippen LogP contribution >= 0.6 is 0 Å². The predicted octanol–water partition coefficient (Wildman–Crippen LogP) is 3.36. The van der Waals surface area contributed by atoms with Crippen molar-refractivity contribution in [3.8, 4) is 11.5 Å². The number of amides is 1. The van der Waals surface area contributed by atoms with E-state index in [9.17, 15) is 4.79 Å². The van der Waals surface area contributed by atoms with Crippen molar-refractivity contribution in [3.05, 3.63) is 72.2 Å². The molecule has 1 amide bonds. The number of hydrogen-bond acceptors (Lipinski definition) is 6. The van der Waals surface area contributed by atoms with Crippen molar-refractivity contribution in [1.29, 1.82) is 0 Å². The summed E-state index contributed by atoms with van der Waals surface area (Å²) in [5.41, 5.74) is 2.03. The van der Waals surface area contributed by atoms with Gasteiger partial charge < -0.3 is 20.1 Å². The highest BCUT2D eigenvalue weighted by Crippen LogP contribution is 2.29. The molecular formula is C20H20N4O3. The van der Waals surface area contributed by atoms with Crippen molar-refractivity contribution in [1.82, 2.24) is 9.97 Å². The van der Waals surface area contributed by atoms with Gasteiger partial charge in [0.05, 0.1) is 19.9 Å². The number of pyridine rings is 2. The van der Waals surface area contributed by atoms with Gasteiger partial charge in [0.25, 0.3) is 5.91 Å². The number of anilines is 2. The minimum Gasteiger partial charge on any atom is -0.497 e. The molecule has 7 nitrogen and oxygen atoms in total. The number of benzene rings is 1. The fourth-order valence-corrected chi connectivity index (χ4v) is 2.47. The zero-order valence-electron chi connectivity index (χ0n) is 15.1. The van der Waals surface area contributed by atoms with Crippen LogP contribution in [0.4, 0.5) is 11.5 Å². The lowest BCUT2D eigenvalue weighted by Gasteiger charge is -2.12. The number of hydrogen-bond donors (Lipinski definition) is 2. The molecule has 138 valence electrons. The zero-order valence-corrected chi connectivity index (χ0v) is 15.1. The maximum Gasteiger partial charge on any atom is 0.255 e. The summed E-state index contributed by atoms with van der Waals surface area (Å²) in [6.45, 7) is 0.565. The van der Waals surface area contributed by atoms with E-state index in [1.54, 1.807) is 63.1 Å². The second kappa shape index (κ2) is 8.66. The normalized spacial score (nSPS) is 10.1. The van der Waals surface area contributed by atoms with E-state index in [0.717, 1.165) is 5.56 Å². The van der Waals surface area contributed by atoms with Crippen LogP contribution < -0.4 is 20.1 Å². The van der Waals surface area contributed by atoms with Crippen LogP contribution in [-0.4, -0.2) is 30.1 Å². The van der Waals surface area contributed by atoms with Crippen molar-refractivity contribution in [2.75, 3.05) is 24.9 Å². The van der Waals surface area contributed by atoms with Crippen LogP contribution in [0.3, 0.4) is 0 Å². The highest BCUT2D eigenvalue weighted by molar-refractivity contribution is 6.05. The van der Waals surface area contributed by atoms with Crippen LogP contribution in [0.2, 0.25) is 0 Å². The molecule has 1 aromatic carbocycles. The fraction of sp³-hybridized carbons (Fsp3) is 0.150. The first-order valence-electron chi connectivity index (χ1n) is 8.32. The molecule has 3 aromatic rings. The summed E-state index contributed by atoms with van der Waals surface area (Å²) in [5.74, 6) is 1.50. The Labute approximate surface area is 157 Å². The molecule has 0 saturated heterocycles. The molecule has 0 aliphatic rings. The SMILES string of the molecule is COc1ccc(OC)c(NC(=O)c2ccnc(NCc3cccnc3)c2)c1. The zero-order chi connectivity index (χ0) is 19.1. The van der Waals surface area contributed by atoms with Gasteiger partial charge in [-0.2, -0.15) is 0 Å². The molecule has 0 aliphatic carbocycles. The number of nitrogens with zero attached hydrogens (tertiary/aromatic N) is 2. The molecule has 0 saturated carbocycles. The average Bonchev–Trinajstić information content (AvgIpc) is 2.73. The lowest BCUT2D eigenvalue weighted by Crippen LogP contribution is -2.13. The van der Waals surface area contributed by atoms with Crippen LogP contribution in [0, 0.1) is 0 Å². The largest absolute Gasteiger partial charge is 0.497 e. The van der Waals surface area contributed by atoms with Crippen LogP contribution in [-0.2, 0) is 6.54 Å². The standard InChI is InChI=1S/C20H20N4O3/c1-26-16-5-6-18(27-2)17(11-16)24-20(25)15-7-9-22-19(10-15)23-13-14-4-3-8-21-12-14/h3-12H,13H2,1-2H3,(H,22,23)(H,24,25). The van der Waals surface area contributed by atoms with E-state index in [4.69, 9.17) is 9.47 Å². The van der Waals surface area contributed by atoms with E-state index in [2.05, 4.69) is 20.6 Å². The number of nitrogens with one attached hydrogen (secondary N) is 2. The molecule has 0 radical (unpaired) electrons. The van der Waals surface area contributed by atoms with Gasteiger partial charge in [0.2, 0.25) is 0 Å². The Balaban J connectivity index is 1.72. The Kier molecular flexibility index (Phi) is 5.84. The summed E-state index contributed by atoms with van der Waals surface area (Å²) in [6.07, 6.45) is 5.08. The Morgan fingerprint density at radius 2 is 1.96 bits per heavy atom. The summed E-state index contributed by atoms with van der Waals surface area (Å²) in [7, 11) is 3.11. The minimum atomic E-state index is -0.270. The number of carbonyl (C=O) groups excluding carboxylic acids is 1. The topological polar surface area (TPSA) is 85.4 Å². The molecule has 0 aliphatic heterocycles. The van der Waals surface area contributed by atoms with Gasteiger partial charge in [-0.05, 0) is 35.9 Å². The van der Waals surface area contributed by atoms with Gasteiger partial charge >= 0.3 is 0 Å². The molecule has 27 heavy (non-hydrogen) atoms. The molecule has 7 heteroatoms. The van der Waals surface area contributed by atoms with Crippen LogP contribution in [0.25, 0.3) is 0 Å². The average molecular weight is 364 g/mol. The monoisotopic (exact) mass is 364 g/mol. The molecule has 0 bridgehead atoms. The van der Waals surface area contributed by atoms with Crippen molar-refractivity contribution >= 4 is 17.4 Å². The first kappa shape index (κ1) is 18.2. The van der Waals surface area contributed by atoms with E-state index in [1.165, 1.54) is 0 Å². The first-order valence-corrected chi connectivity index (χ1v) is 8.32. The van der Waals surface area contributed by atoms with Crippen LogP contribution in [0.15, 0.2) is 61.1 Å². The van der Waals surface area contributed by atoms with Gasteiger partial charge in [-0.25, -0.2) is 4.98 Å². The molecular weight excluding hydrogens is 344 g/mol. The van der Waals surface area contributed by atoms with Gasteiger partial charge in [-0.3, -0.25) is 9.78 Å². The second-order valence-corrected chi connectivity index (χ2v) is 5.66. The second-order valence-electron chi connectivity index (χ2n) is 5.66. The minimum absolute atomic E-state index is 0.270. The fourth-order valence-electron chi connectivity index (χ4n) is 2.47. The quantitative estimate of drug-likeness (QED) is 0.669. The van der Waals surface area contributed by atoms with Crippen molar-refractivity contribution < 1.29 is 14.3 Å². The predicted molar refractivity (Wildman–Crippen MR) is 103 cm³/mol. The third kappa shape index (κ3) is 4.72. The Bertz CT molecular complexity index is 916. The number of aromatic nitrogens is 2. The third-order valence-electron chi connectivity index (χ3n) is 3.87. The summed E-state index contributed by atoms with van der Waals surface area (Å²) >= 11 is 0. The molecule has 3 rings (SSSR count). The van der Waals surface area contributed by atoms with Gasteiger partial charge in [-0.1, -0.05) is 6.07 Å². The lowest BCUT2D eigenvalue weighted by atomic mass is 10.2. The van der Waals surface area contributed by atoms with E-state index in [-0.39, 0.29) is 5.91 Å². The van der Waals surface area contributed by atoms with Crippen LogP contribution in [0.5, 0.6) is 11.5 Å². The summed E-state index contributed by atoms with van der Waals surface area (Å²) in [4.78, 5) is 21.0. The Hall–Kier alpha value is -3.61. The molecule has 0 spiro atoms. The molecule has 0 unspecified atom stereocenters. The lowest BCUT2D eigenvalue weighted by molar-refractivity contribution is 0.102. The molecule has 2 N–H and O–H groups in total. The highest BCUT2D eigenvalue weighted by atomic mass is 16.5. The first-order chi connectivity index (χ1) is 13.2. The van der Waals surface area contributed by atoms with E-state index in [0.29, 0.717) is 35.1 Å². The van der Waals surface area contributed by atoms with Gasteiger partial charge in [0, 0.05) is 36.8 Å². The van der Waals surface area contributed by atoms with Gasteiger partial charge in [-0.15, -0.1) is 0 Å². The van der Waals surface area contributed by atoms with Gasteiger partial charge in [0.1, 0.15) is 17.3 Å². The Morgan fingerprint density at radius 3 is 2.70 bits per heavy atom. The maximum atomic E-state index is 12.6. The number of methoxy groups -OCH3 is 2. The molecule has 0 atom stereocenters.